The fourth-order valence-electron chi connectivity index (χ4n) is 5.17. The molecule has 10 nitrogen and oxygen atoms in total. The average Bonchev–Trinajstić information content (AvgIpc) is 3.80. The standard InChI is InChI=1S/C30H28N6O4S3/c1-16-35-36-13-23(34-30(36)42-16)29-33-22-11-20(39-2)12-25(26(22)43-29)40-14-19-15-41-28(31-19)18-9-7-17(8-10-18)27(38)32-21-5-3-4-6-24(21)37/h7-13,15,21,24,37H,3-6,14H2,1-2H3,(H,32,38)/t21?,24-/m1/s1. The molecule has 1 amide bonds. The van der Waals surface area contributed by atoms with Crippen molar-refractivity contribution in [2.75, 3.05) is 7.11 Å². The van der Waals surface area contributed by atoms with Crippen LogP contribution in [0.1, 0.15) is 46.7 Å². The third-order valence-corrected chi connectivity index (χ3v) is 10.3. The van der Waals surface area contributed by atoms with Crippen LogP contribution in [0.5, 0.6) is 11.5 Å². The van der Waals surface area contributed by atoms with Gasteiger partial charge in [-0.25, -0.2) is 19.5 Å². The van der Waals surface area contributed by atoms with Crippen molar-refractivity contribution in [2.24, 2.45) is 0 Å². The van der Waals surface area contributed by atoms with Crippen LogP contribution in [0.2, 0.25) is 0 Å². The summed E-state index contributed by atoms with van der Waals surface area (Å²) in [6.45, 7) is 2.24. The summed E-state index contributed by atoms with van der Waals surface area (Å²) in [5.41, 5.74) is 3.82. The third-order valence-electron chi connectivity index (χ3n) is 7.40. The Morgan fingerprint density at radius 3 is 2.72 bits per heavy atom. The highest BCUT2D eigenvalue weighted by Gasteiger charge is 2.25. The first-order valence-corrected chi connectivity index (χ1v) is 16.4. The van der Waals surface area contributed by atoms with Crippen LogP contribution < -0.4 is 14.8 Å². The summed E-state index contributed by atoms with van der Waals surface area (Å²) in [6, 6.07) is 11.0. The lowest BCUT2D eigenvalue weighted by Gasteiger charge is -2.28. The van der Waals surface area contributed by atoms with Gasteiger partial charge in [-0.1, -0.05) is 36.3 Å². The number of nitrogens with one attached hydrogen (secondary N) is 1. The van der Waals surface area contributed by atoms with Gasteiger partial charge in [-0.15, -0.1) is 22.7 Å². The van der Waals surface area contributed by atoms with Crippen LogP contribution in [-0.2, 0) is 6.61 Å². The molecule has 13 heteroatoms. The molecule has 1 unspecified atom stereocenters. The van der Waals surface area contributed by atoms with Crippen molar-refractivity contribution in [2.45, 2.75) is 51.4 Å². The molecule has 220 valence electrons. The first-order valence-electron chi connectivity index (χ1n) is 13.9. The number of imidazole rings is 1. The fourth-order valence-corrected chi connectivity index (χ4v) is 7.67. The Bertz CT molecular complexity index is 1890. The number of carbonyl (C=O) groups excluding carboxylic acids is 1. The summed E-state index contributed by atoms with van der Waals surface area (Å²) in [4.78, 5) is 27.8. The highest BCUT2D eigenvalue weighted by atomic mass is 32.1. The molecule has 2 aromatic carbocycles. The predicted molar refractivity (Wildman–Crippen MR) is 168 cm³/mol. The second-order valence-corrected chi connectivity index (χ2v) is 13.4. The molecule has 2 N–H and O–H groups in total. The summed E-state index contributed by atoms with van der Waals surface area (Å²) in [7, 11) is 1.62. The number of thiazole rings is 2. The lowest BCUT2D eigenvalue weighted by molar-refractivity contribution is 0.0717. The maximum Gasteiger partial charge on any atom is 0.251 e. The van der Waals surface area contributed by atoms with E-state index >= 15 is 0 Å². The van der Waals surface area contributed by atoms with Crippen LogP contribution in [0.4, 0.5) is 0 Å². The van der Waals surface area contributed by atoms with Crippen LogP contribution in [0, 0.1) is 6.92 Å². The van der Waals surface area contributed by atoms with Crippen LogP contribution in [0.25, 0.3) is 36.5 Å². The van der Waals surface area contributed by atoms with Crippen molar-refractivity contribution < 1.29 is 19.4 Å². The zero-order valence-electron chi connectivity index (χ0n) is 23.4. The number of aliphatic hydroxyl groups is 1. The van der Waals surface area contributed by atoms with Crippen LogP contribution in [0.15, 0.2) is 48.0 Å². The molecular weight excluding hydrogens is 605 g/mol. The minimum atomic E-state index is -0.477. The molecule has 2 atom stereocenters. The lowest BCUT2D eigenvalue weighted by Crippen LogP contribution is -2.45. The second-order valence-electron chi connectivity index (χ2n) is 10.4. The van der Waals surface area contributed by atoms with Crippen LogP contribution in [-0.4, -0.2) is 54.8 Å². The Balaban J connectivity index is 1.05. The molecule has 4 aromatic heterocycles. The van der Waals surface area contributed by atoms with Crippen molar-refractivity contribution in [3.8, 4) is 32.8 Å². The number of benzene rings is 2. The molecule has 0 spiro atoms. The van der Waals surface area contributed by atoms with Gasteiger partial charge in [-0.3, -0.25) is 4.79 Å². The molecule has 1 saturated carbocycles. The number of aliphatic hydroxyl groups excluding tert-OH is 1. The van der Waals surface area contributed by atoms with E-state index in [4.69, 9.17) is 24.4 Å². The quantitative estimate of drug-likeness (QED) is 0.206. The topological polar surface area (TPSA) is 124 Å². The Morgan fingerprint density at radius 2 is 1.93 bits per heavy atom. The number of amides is 1. The summed E-state index contributed by atoms with van der Waals surface area (Å²) in [5, 5.41) is 22.2. The highest BCUT2D eigenvalue weighted by molar-refractivity contribution is 7.22. The first kappa shape index (κ1) is 27.9. The summed E-state index contributed by atoms with van der Waals surface area (Å²) in [6.07, 6.45) is 4.98. The molecule has 0 aliphatic heterocycles. The molecular formula is C30H28N6O4S3. The number of aromatic nitrogens is 5. The molecule has 1 fully saturated rings. The third kappa shape index (κ3) is 5.73. The highest BCUT2D eigenvalue weighted by Crippen LogP contribution is 2.39. The van der Waals surface area contributed by atoms with Crippen molar-refractivity contribution in [3.63, 3.8) is 0 Å². The van der Waals surface area contributed by atoms with E-state index in [-0.39, 0.29) is 18.6 Å². The molecule has 4 heterocycles. The number of methoxy groups -OCH3 is 1. The van der Waals surface area contributed by atoms with E-state index < -0.39 is 6.10 Å². The van der Waals surface area contributed by atoms with E-state index in [1.807, 2.05) is 42.8 Å². The van der Waals surface area contributed by atoms with Crippen molar-refractivity contribution in [3.05, 3.63) is 64.2 Å². The van der Waals surface area contributed by atoms with Crippen LogP contribution >= 0.6 is 34.0 Å². The second kappa shape index (κ2) is 11.6. The van der Waals surface area contributed by atoms with Crippen molar-refractivity contribution in [1.82, 2.24) is 29.9 Å². The van der Waals surface area contributed by atoms with E-state index in [2.05, 4.69) is 10.4 Å². The normalized spacial score (nSPS) is 17.0. The predicted octanol–water partition coefficient (Wildman–Crippen LogP) is 6.12. The molecule has 0 radical (unpaired) electrons. The number of fused-ring (bicyclic) bond motifs is 2. The van der Waals surface area contributed by atoms with Gasteiger partial charge in [0.15, 0.2) is 0 Å². The lowest BCUT2D eigenvalue weighted by atomic mass is 9.92. The molecule has 7 rings (SSSR count). The Hall–Kier alpha value is -3.91. The number of aryl methyl sites for hydroxylation is 1. The van der Waals surface area contributed by atoms with Gasteiger partial charge in [-0.05, 0) is 31.9 Å². The molecule has 43 heavy (non-hydrogen) atoms. The van der Waals surface area contributed by atoms with Gasteiger partial charge in [0.1, 0.15) is 38.8 Å². The summed E-state index contributed by atoms with van der Waals surface area (Å²) < 4.78 is 14.5. The van der Waals surface area contributed by atoms with Gasteiger partial charge in [0.25, 0.3) is 5.91 Å². The van der Waals surface area contributed by atoms with E-state index in [9.17, 15) is 9.90 Å². The van der Waals surface area contributed by atoms with E-state index in [0.29, 0.717) is 17.1 Å². The number of hydrogen-bond donors (Lipinski definition) is 2. The largest absolute Gasteiger partial charge is 0.497 e. The minimum absolute atomic E-state index is 0.166. The fraction of sp³-hybridized carbons (Fsp3) is 0.300. The zero-order chi connectivity index (χ0) is 29.5. The van der Waals surface area contributed by atoms with Gasteiger partial charge < -0.3 is 19.9 Å². The maximum atomic E-state index is 12.7. The SMILES string of the molecule is COc1cc(OCc2csc(-c3ccc(C(=O)NC4CCCC[C@H]4O)cc3)n2)c2sc(-c3cn4nc(C)sc4n3)nc2c1. The van der Waals surface area contributed by atoms with Gasteiger partial charge in [-0.2, -0.15) is 5.10 Å². The molecule has 1 aliphatic rings. The van der Waals surface area contributed by atoms with E-state index in [0.717, 1.165) is 72.8 Å². The van der Waals surface area contributed by atoms with Gasteiger partial charge in [0, 0.05) is 28.6 Å². The summed E-state index contributed by atoms with van der Waals surface area (Å²) >= 11 is 4.58. The number of carbonyl (C=O) groups is 1. The van der Waals surface area contributed by atoms with E-state index in [1.165, 1.54) is 34.0 Å². The van der Waals surface area contributed by atoms with Crippen molar-refractivity contribution >= 4 is 55.1 Å². The van der Waals surface area contributed by atoms with Gasteiger partial charge in [0.05, 0.1) is 41.4 Å². The Kier molecular flexibility index (Phi) is 7.55. The Labute approximate surface area is 259 Å². The number of nitrogens with zero attached hydrogens (tertiary/aromatic N) is 5. The maximum absolute atomic E-state index is 12.7. The summed E-state index contributed by atoms with van der Waals surface area (Å²) in [5.74, 6) is 1.16. The molecule has 0 bridgehead atoms. The zero-order valence-corrected chi connectivity index (χ0v) is 25.9. The van der Waals surface area contributed by atoms with E-state index in [1.54, 1.807) is 23.8 Å². The number of hydrogen-bond acceptors (Lipinski definition) is 11. The number of rotatable bonds is 8. The minimum Gasteiger partial charge on any atom is -0.497 e. The van der Waals surface area contributed by atoms with Crippen molar-refractivity contribution in [1.29, 1.82) is 0 Å². The van der Waals surface area contributed by atoms with Crippen LogP contribution in [0.3, 0.4) is 0 Å². The monoisotopic (exact) mass is 632 g/mol. The van der Waals surface area contributed by atoms with Gasteiger partial charge in [0.2, 0.25) is 4.96 Å². The average molecular weight is 633 g/mol. The molecule has 6 aromatic rings. The molecule has 1 aliphatic carbocycles. The molecule has 0 saturated heterocycles. The Morgan fingerprint density at radius 1 is 1.09 bits per heavy atom. The van der Waals surface area contributed by atoms with Gasteiger partial charge >= 0.3 is 0 Å². The number of ether oxygens (including phenoxy) is 2. The smallest absolute Gasteiger partial charge is 0.251 e. The first-order chi connectivity index (χ1) is 20.9.